The zero-order valence-electron chi connectivity index (χ0n) is 12.2. The van der Waals surface area contributed by atoms with Crippen LogP contribution >= 0.6 is 11.6 Å². The molecule has 0 radical (unpaired) electrons. The lowest BCUT2D eigenvalue weighted by Crippen LogP contribution is -2.27. The summed E-state index contributed by atoms with van der Waals surface area (Å²) < 4.78 is 31.5. The molecule has 0 saturated carbocycles. The van der Waals surface area contributed by atoms with E-state index < -0.39 is 10.0 Å². The van der Waals surface area contributed by atoms with E-state index in [4.69, 9.17) is 16.3 Å². The van der Waals surface area contributed by atoms with E-state index in [-0.39, 0.29) is 22.4 Å². The Labute approximate surface area is 130 Å². The molecule has 0 bridgehead atoms. The van der Waals surface area contributed by atoms with Gasteiger partial charge in [-0.3, -0.25) is 4.79 Å². The Balaban J connectivity index is 2.62. The van der Waals surface area contributed by atoms with Gasteiger partial charge in [0.15, 0.2) is 0 Å². The number of benzene rings is 1. The van der Waals surface area contributed by atoms with Gasteiger partial charge in [-0.05, 0) is 24.6 Å². The van der Waals surface area contributed by atoms with E-state index in [9.17, 15) is 13.2 Å². The summed E-state index contributed by atoms with van der Waals surface area (Å²) >= 11 is 5.91. The van der Waals surface area contributed by atoms with Crippen LogP contribution in [0.3, 0.4) is 0 Å². The van der Waals surface area contributed by atoms with Crippen LogP contribution in [0.5, 0.6) is 5.75 Å². The molecule has 0 unspecified atom stereocenters. The summed E-state index contributed by atoms with van der Waals surface area (Å²) in [4.78, 5) is 12.9. The summed E-state index contributed by atoms with van der Waals surface area (Å²) in [5.41, 5.74) is 0. The number of carbonyl (C=O) groups is 1. The molecule has 0 spiro atoms. The number of hydrogen-bond acceptors (Lipinski definition) is 4. The molecule has 0 aliphatic heterocycles. The number of methoxy groups -OCH3 is 1. The van der Waals surface area contributed by atoms with Crippen LogP contribution in [0.2, 0.25) is 5.02 Å². The van der Waals surface area contributed by atoms with Gasteiger partial charge in [-0.25, -0.2) is 13.1 Å². The highest BCUT2D eigenvalue weighted by atomic mass is 35.5. The molecule has 1 N–H and O–H groups in total. The van der Waals surface area contributed by atoms with Crippen LogP contribution in [0.15, 0.2) is 23.1 Å². The van der Waals surface area contributed by atoms with Gasteiger partial charge in [0.05, 0.1) is 17.0 Å². The van der Waals surface area contributed by atoms with Gasteiger partial charge in [-0.2, -0.15) is 0 Å². The second-order valence-corrected chi connectivity index (χ2v) is 6.76. The number of hydrogen-bond donors (Lipinski definition) is 1. The van der Waals surface area contributed by atoms with E-state index in [0.717, 1.165) is 0 Å². The van der Waals surface area contributed by atoms with Crippen LogP contribution in [-0.2, 0) is 14.8 Å². The van der Waals surface area contributed by atoms with Crippen molar-refractivity contribution in [3.8, 4) is 5.75 Å². The Morgan fingerprint density at radius 2 is 2.05 bits per heavy atom. The molecule has 0 fully saturated rings. The minimum absolute atomic E-state index is 0.0401. The van der Waals surface area contributed by atoms with E-state index in [2.05, 4.69) is 4.72 Å². The van der Waals surface area contributed by atoms with Gasteiger partial charge < -0.3 is 9.64 Å². The van der Waals surface area contributed by atoms with Gasteiger partial charge in [-0.15, -0.1) is 0 Å². The summed E-state index contributed by atoms with van der Waals surface area (Å²) in [7, 11) is 1.13. The summed E-state index contributed by atoms with van der Waals surface area (Å²) in [5, 5.41) is 0.225. The maximum absolute atomic E-state index is 12.1. The fraction of sp³-hybridized carbons (Fsp3) is 0.462. The van der Waals surface area contributed by atoms with Crippen molar-refractivity contribution in [3.05, 3.63) is 23.2 Å². The highest BCUT2D eigenvalue weighted by Gasteiger charge is 2.15. The molecule has 0 aliphatic rings. The first kappa shape index (κ1) is 17.7. The average molecular weight is 335 g/mol. The van der Waals surface area contributed by atoms with Crippen molar-refractivity contribution in [2.45, 2.75) is 17.7 Å². The predicted molar refractivity (Wildman–Crippen MR) is 81.1 cm³/mol. The fourth-order valence-electron chi connectivity index (χ4n) is 1.57. The molecule has 0 heterocycles. The summed E-state index contributed by atoms with van der Waals surface area (Å²) in [6.07, 6.45) is 0.721. The summed E-state index contributed by atoms with van der Waals surface area (Å²) in [5.74, 6) is 0.369. The summed E-state index contributed by atoms with van der Waals surface area (Å²) in [6.45, 7) is 0.186. The fourth-order valence-corrected chi connectivity index (χ4v) is 2.99. The van der Waals surface area contributed by atoms with Gasteiger partial charge in [-0.1, -0.05) is 11.6 Å². The maximum atomic E-state index is 12.1. The second-order valence-electron chi connectivity index (χ2n) is 4.59. The monoisotopic (exact) mass is 334 g/mol. The van der Waals surface area contributed by atoms with E-state index in [1.165, 1.54) is 30.2 Å². The zero-order chi connectivity index (χ0) is 16.0. The lowest BCUT2D eigenvalue weighted by atomic mass is 10.3. The normalized spacial score (nSPS) is 11.2. The first-order valence-electron chi connectivity index (χ1n) is 6.31. The SMILES string of the molecule is COc1ccc(S(=O)(=O)NCCCC(=O)N(C)C)cc1Cl. The molecule has 8 heteroatoms. The van der Waals surface area contributed by atoms with E-state index in [0.29, 0.717) is 18.6 Å². The van der Waals surface area contributed by atoms with Gasteiger partial charge in [0, 0.05) is 27.1 Å². The van der Waals surface area contributed by atoms with Crippen molar-refractivity contribution in [2.75, 3.05) is 27.7 Å². The molecule has 0 atom stereocenters. The third-order valence-corrected chi connectivity index (χ3v) is 4.55. The van der Waals surface area contributed by atoms with Crippen molar-refractivity contribution in [2.24, 2.45) is 0 Å². The largest absolute Gasteiger partial charge is 0.495 e. The Morgan fingerprint density at radius 1 is 1.38 bits per heavy atom. The van der Waals surface area contributed by atoms with Crippen molar-refractivity contribution in [1.29, 1.82) is 0 Å². The standard InChI is InChI=1S/C13H19ClN2O4S/c1-16(2)13(17)5-4-8-15-21(18,19)10-6-7-12(20-3)11(14)9-10/h6-7,9,15H,4-5,8H2,1-3H3. The smallest absolute Gasteiger partial charge is 0.240 e. The minimum atomic E-state index is -3.64. The molecule has 1 aromatic carbocycles. The highest BCUT2D eigenvalue weighted by molar-refractivity contribution is 7.89. The van der Waals surface area contributed by atoms with Gasteiger partial charge >= 0.3 is 0 Å². The Bertz CT molecular complexity index is 602. The van der Waals surface area contributed by atoms with Gasteiger partial charge in [0.1, 0.15) is 5.75 Å². The molecule has 6 nitrogen and oxygen atoms in total. The molecular formula is C13H19ClN2O4S. The molecule has 0 aromatic heterocycles. The topological polar surface area (TPSA) is 75.7 Å². The van der Waals surface area contributed by atoms with Gasteiger partial charge in [0.2, 0.25) is 15.9 Å². The van der Waals surface area contributed by atoms with E-state index in [1.807, 2.05) is 0 Å². The van der Waals surface area contributed by atoms with E-state index in [1.54, 1.807) is 14.1 Å². The van der Waals surface area contributed by atoms with Crippen LogP contribution in [0.4, 0.5) is 0 Å². The maximum Gasteiger partial charge on any atom is 0.240 e. The second kappa shape index (κ2) is 7.63. The number of nitrogens with zero attached hydrogens (tertiary/aromatic N) is 1. The van der Waals surface area contributed by atoms with Crippen LogP contribution in [-0.4, -0.2) is 47.0 Å². The lowest BCUT2D eigenvalue weighted by molar-refractivity contribution is -0.128. The van der Waals surface area contributed by atoms with E-state index >= 15 is 0 Å². The number of amides is 1. The predicted octanol–water partition coefficient (Wildman–Crippen LogP) is 1.50. The van der Waals surface area contributed by atoms with Crippen molar-refractivity contribution in [1.82, 2.24) is 9.62 Å². The molecule has 1 amide bonds. The lowest BCUT2D eigenvalue weighted by Gasteiger charge is -2.11. The van der Waals surface area contributed by atoms with Crippen LogP contribution < -0.4 is 9.46 Å². The van der Waals surface area contributed by atoms with Crippen molar-refractivity contribution < 1.29 is 17.9 Å². The molecule has 118 valence electrons. The third-order valence-electron chi connectivity index (χ3n) is 2.79. The van der Waals surface area contributed by atoms with Crippen molar-refractivity contribution >= 4 is 27.5 Å². The molecule has 0 saturated heterocycles. The quantitative estimate of drug-likeness (QED) is 0.767. The van der Waals surface area contributed by atoms with Crippen LogP contribution in [0, 0.1) is 0 Å². The first-order valence-corrected chi connectivity index (χ1v) is 8.17. The number of carbonyl (C=O) groups excluding carboxylic acids is 1. The Morgan fingerprint density at radius 3 is 2.57 bits per heavy atom. The van der Waals surface area contributed by atoms with Crippen molar-refractivity contribution in [3.63, 3.8) is 0 Å². The number of nitrogens with one attached hydrogen (secondary N) is 1. The molecule has 21 heavy (non-hydrogen) atoms. The minimum Gasteiger partial charge on any atom is -0.495 e. The Kier molecular flexibility index (Phi) is 6.44. The molecule has 1 rings (SSSR count). The molecule has 1 aromatic rings. The third kappa shape index (κ3) is 5.18. The van der Waals surface area contributed by atoms with Gasteiger partial charge in [0.25, 0.3) is 0 Å². The molecular weight excluding hydrogens is 316 g/mol. The zero-order valence-corrected chi connectivity index (χ0v) is 13.8. The Hall–Kier alpha value is -1.31. The average Bonchev–Trinajstić information content (AvgIpc) is 2.43. The van der Waals surface area contributed by atoms with Crippen LogP contribution in [0.25, 0.3) is 0 Å². The highest BCUT2D eigenvalue weighted by Crippen LogP contribution is 2.26. The molecule has 0 aliphatic carbocycles. The number of ether oxygens (including phenoxy) is 1. The number of halogens is 1. The van der Waals surface area contributed by atoms with Crippen LogP contribution in [0.1, 0.15) is 12.8 Å². The first-order chi connectivity index (χ1) is 9.77. The summed E-state index contributed by atoms with van der Waals surface area (Å²) in [6, 6.07) is 4.23. The number of rotatable bonds is 7. The number of sulfonamides is 1.